The second kappa shape index (κ2) is 9.09. The van der Waals surface area contributed by atoms with Crippen molar-refractivity contribution in [1.29, 1.82) is 0 Å². The van der Waals surface area contributed by atoms with Crippen molar-refractivity contribution in [1.82, 2.24) is 14.9 Å². The minimum Gasteiger partial charge on any atom is -0.489 e. The molecule has 0 aliphatic rings. The maximum Gasteiger partial charge on any atom is 0.279 e. The van der Waals surface area contributed by atoms with E-state index in [0.717, 1.165) is 22.4 Å². The lowest BCUT2D eigenvalue weighted by Gasteiger charge is -2.08. The van der Waals surface area contributed by atoms with Crippen LogP contribution in [0.1, 0.15) is 44.1 Å². The molecule has 0 aliphatic heterocycles. The standard InChI is InChI=1S/C25H26N4O3/c1-16-5-7-20(8-6-16)14-29-10-9-23(27-29)26-25(30)24-22(19(4)32-28-24)15-31-21-12-17(2)11-18(3)13-21/h5-13H,14-15H2,1-4H3,(H,26,27,30). The Hall–Kier alpha value is -3.87. The molecule has 1 amide bonds. The van der Waals surface area contributed by atoms with Crippen LogP contribution in [0.5, 0.6) is 5.75 Å². The van der Waals surface area contributed by atoms with E-state index in [1.165, 1.54) is 5.56 Å². The van der Waals surface area contributed by atoms with Crippen LogP contribution in [-0.2, 0) is 13.2 Å². The molecule has 2 aromatic heterocycles. The lowest BCUT2D eigenvalue weighted by atomic mass is 10.1. The monoisotopic (exact) mass is 430 g/mol. The number of aryl methyl sites for hydroxylation is 4. The van der Waals surface area contributed by atoms with Crippen LogP contribution >= 0.6 is 0 Å². The molecule has 0 aliphatic carbocycles. The van der Waals surface area contributed by atoms with Crippen LogP contribution in [0.15, 0.2) is 59.3 Å². The second-order valence-electron chi connectivity index (χ2n) is 8.02. The molecule has 1 N–H and O–H groups in total. The number of carbonyl (C=O) groups excluding carboxylic acids is 1. The summed E-state index contributed by atoms with van der Waals surface area (Å²) in [5.74, 6) is 1.35. The summed E-state index contributed by atoms with van der Waals surface area (Å²) < 4.78 is 13.0. The van der Waals surface area contributed by atoms with Gasteiger partial charge in [-0.25, -0.2) is 0 Å². The Morgan fingerprint density at radius 2 is 1.72 bits per heavy atom. The van der Waals surface area contributed by atoms with E-state index in [-0.39, 0.29) is 18.2 Å². The number of aromatic nitrogens is 3. The third kappa shape index (κ3) is 5.06. The summed E-state index contributed by atoms with van der Waals surface area (Å²) in [4.78, 5) is 12.8. The predicted octanol–water partition coefficient (Wildman–Crippen LogP) is 4.98. The Balaban J connectivity index is 1.43. The van der Waals surface area contributed by atoms with Crippen molar-refractivity contribution in [3.63, 3.8) is 0 Å². The number of nitrogens with zero attached hydrogens (tertiary/aromatic N) is 3. The highest BCUT2D eigenvalue weighted by Gasteiger charge is 2.21. The van der Waals surface area contributed by atoms with Gasteiger partial charge in [0.2, 0.25) is 0 Å². The number of benzene rings is 2. The number of hydrogen-bond acceptors (Lipinski definition) is 5. The van der Waals surface area contributed by atoms with Crippen molar-refractivity contribution in [2.24, 2.45) is 0 Å². The first kappa shape index (κ1) is 21.4. The van der Waals surface area contributed by atoms with Gasteiger partial charge in [0.05, 0.1) is 12.1 Å². The van der Waals surface area contributed by atoms with Crippen molar-refractivity contribution in [2.45, 2.75) is 40.8 Å². The van der Waals surface area contributed by atoms with Crippen molar-refractivity contribution < 1.29 is 14.1 Å². The molecule has 0 saturated heterocycles. The fourth-order valence-electron chi connectivity index (χ4n) is 3.48. The van der Waals surface area contributed by atoms with Gasteiger partial charge in [-0.15, -0.1) is 0 Å². The van der Waals surface area contributed by atoms with E-state index in [9.17, 15) is 4.79 Å². The number of carbonyl (C=O) groups is 1. The Bertz CT molecular complexity index is 1220. The molecule has 7 nitrogen and oxygen atoms in total. The summed E-state index contributed by atoms with van der Waals surface area (Å²) >= 11 is 0. The number of nitrogens with one attached hydrogen (secondary N) is 1. The van der Waals surface area contributed by atoms with Crippen molar-refractivity contribution in [3.8, 4) is 5.75 Å². The van der Waals surface area contributed by atoms with Gasteiger partial charge in [-0.3, -0.25) is 9.48 Å². The van der Waals surface area contributed by atoms with E-state index in [0.29, 0.717) is 23.7 Å². The normalized spacial score (nSPS) is 10.9. The molecule has 2 aromatic carbocycles. The second-order valence-corrected chi connectivity index (χ2v) is 8.02. The first-order chi connectivity index (χ1) is 15.4. The lowest BCUT2D eigenvalue weighted by molar-refractivity contribution is 0.101. The van der Waals surface area contributed by atoms with Gasteiger partial charge in [-0.05, 0) is 56.5 Å². The third-order valence-electron chi connectivity index (χ3n) is 5.13. The molecular weight excluding hydrogens is 404 g/mol. The summed E-state index contributed by atoms with van der Waals surface area (Å²) in [5.41, 5.74) is 5.38. The Morgan fingerprint density at radius 3 is 2.44 bits per heavy atom. The smallest absolute Gasteiger partial charge is 0.279 e. The van der Waals surface area contributed by atoms with E-state index >= 15 is 0 Å². The summed E-state index contributed by atoms with van der Waals surface area (Å²) in [6, 6.07) is 16.0. The molecule has 0 spiro atoms. The Kier molecular flexibility index (Phi) is 6.07. The van der Waals surface area contributed by atoms with Crippen LogP contribution < -0.4 is 10.1 Å². The van der Waals surface area contributed by atoms with Gasteiger partial charge in [0, 0.05) is 12.3 Å². The van der Waals surface area contributed by atoms with Crippen molar-refractivity contribution in [3.05, 3.63) is 94.0 Å². The predicted molar refractivity (Wildman–Crippen MR) is 122 cm³/mol. The number of hydrogen-bond donors (Lipinski definition) is 1. The van der Waals surface area contributed by atoms with Gasteiger partial charge >= 0.3 is 0 Å². The largest absolute Gasteiger partial charge is 0.489 e. The summed E-state index contributed by atoms with van der Waals surface area (Å²) in [5, 5.41) is 11.2. The molecule has 164 valence electrons. The van der Waals surface area contributed by atoms with E-state index in [1.54, 1.807) is 17.7 Å². The fourth-order valence-corrected chi connectivity index (χ4v) is 3.48. The van der Waals surface area contributed by atoms with Crippen LogP contribution in [0, 0.1) is 27.7 Å². The summed E-state index contributed by atoms with van der Waals surface area (Å²) in [6.07, 6.45) is 1.83. The quantitative estimate of drug-likeness (QED) is 0.447. The molecule has 7 heteroatoms. The zero-order valence-corrected chi connectivity index (χ0v) is 18.7. The molecule has 0 fully saturated rings. The lowest BCUT2D eigenvalue weighted by Crippen LogP contribution is -2.16. The summed E-state index contributed by atoms with van der Waals surface area (Å²) in [6.45, 7) is 8.65. The molecule has 0 atom stereocenters. The highest BCUT2D eigenvalue weighted by molar-refractivity contribution is 6.03. The minimum atomic E-state index is -0.388. The van der Waals surface area contributed by atoms with Gasteiger partial charge < -0.3 is 14.6 Å². The number of anilines is 1. The topological polar surface area (TPSA) is 82.2 Å². The van der Waals surface area contributed by atoms with E-state index in [4.69, 9.17) is 9.26 Å². The van der Waals surface area contributed by atoms with Crippen molar-refractivity contribution in [2.75, 3.05) is 5.32 Å². The van der Waals surface area contributed by atoms with Gasteiger partial charge in [0.15, 0.2) is 11.5 Å². The SMILES string of the molecule is Cc1ccc(Cn2ccc(NC(=O)c3noc(C)c3COc3cc(C)cc(C)c3)n2)cc1. The number of ether oxygens (including phenoxy) is 1. The Morgan fingerprint density at radius 1 is 1.00 bits per heavy atom. The Labute approximate surface area is 187 Å². The fraction of sp³-hybridized carbons (Fsp3) is 0.240. The maximum atomic E-state index is 12.8. The summed E-state index contributed by atoms with van der Waals surface area (Å²) in [7, 11) is 0. The van der Waals surface area contributed by atoms with Crippen LogP contribution in [0.3, 0.4) is 0 Å². The first-order valence-corrected chi connectivity index (χ1v) is 10.4. The molecule has 0 saturated carbocycles. The van der Waals surface area contributed by atoms with E-state index in [2.05, 4.69) is 52.8 Å². The molecule has 32 heavy (non-hydrogen) atoms. The van der Waals surface area contributed by atoms with Crippen LogP contribution in [-0.4, -0.2) is 20.8 Å². The number of rotatable bonds is 7. The highest BCUT2D eigenvalue weighted by Crippen LogP contribution is 2.21. The molecule has 4 rings (SSSR count). The molecule has 0 bridgehead atoms. The van der Waals surface area contributed by atoms with E-state index < -0.39 is 0 Å². The van der Waals surface area contributed by atoms with E-state index in [1.807, 2.05) is 32.2 Å². The van der Waals surface area contributed by atoms with Crippen LogP contribution in [0.25, 0.3) is 0 Å². The van der Waals surface area contributed by atoms with Gasteiger partial charge in [-0.2, -0.15) is 5.10 Å². The zero-order valence-electron chi connectivity index (χ0n) is 18.7. The zero-order chi connectivity index (χ0) is 22.7. The highest BCUT2D eigenvalue weighted by atomic mass is 16.5. The average molecular weight is 431 g/mol. The maximum absolute atomic E-state index is 12.8. The molecule has 0 unspecified atom stereocenters. The van der Waals surface area contributed by atoms with Gasteiger partial charge in [-0.1, -0.05) is 41.1 Å². The molecule has 0 radical (unpaired) electrons. The molecule has 2 heterocycles. The van der Waals surface area contributed by atoms with Gasteiger partial charge in [0.1, 0.15) is 18.1 Å². The van der Waals surface area contributed by atoms with Gasteiger partial charge in [0.25, 0.3) is 5.91 Å². The third-order valence-corrected chi connectivity index (χ3v) is 5.13. The number of amides is 1. The minimum absolute atomic E-state index is 0.183. The molecular formula is C25H26N4O3. The van der Waals surface area contributed by atoms with Crippen LogP contribution in [0.2, 0.25) is 0 Å². The molecule has 4 aromatic rings. The average Bonchev–Trinajstić information content (AvgIpc) is 3.33. The first-order valence-electron chi connectivity index (χ1n) is 10.4. The van der Waals surface area contributed by atoms with Crippen LogP contribution in [0.4, 0.5) is 5.82 Å². The van der Waals surface area contributed by atoms with Crippen molar-refractivity contribution >= 4 is 11.7 Å².